The molecule has 0 spiro atoms. The number of piperidine rings is 2. The smallest absolute Gasteiger partial charge is 0.309 e. The lowest BCUT2D eigenvalue weighted by atomic mass is 9.92. The number of halogens is 2. The molecule has 0 unspecified atom stereocenters. The number of nitrogens with zero attached hydrogens (tertiary/aromatic N) is 4. The summed E-state index contributed by atoms with van der Waals surface area (Å²) in [6.07, 6.45) is 2.80. The fourth-order valence-corrected chi connectivity index (χ4v) is 5.91. The number of aryl methyl sites for hydroxylation is 1. The van der Waals surface area contributed by atoms with Gasteiger partial charge in [-0.15, -0.1) is 0 Å². The van der Waals surface area contributed by atoms with E-state index in [2.05, 4.69) is 4.90 Å². The molecule has 1 amide bonds. The summed E-state index contributed by atoms with van der Waals surface area (Å²) in [7, 11) is 0. The summed E-state index contributed by atoms with van der Waals surface area (Å²) in [5, 5.41) is 9.11. The first-order chi connectivity index (χ1) is 21.3. The van der Waals surface area contributed by atoms with Gasteiger partial charge in [0.05, 0.1) is 18.2 Å². The van der Waals surface area contributed by atoms with Gasteiger partial charge in [-0.2, -0.15) is 0 Å². The second kappa shape index (κ2) is 14.1. The van der Waals surface area contributed by atoms with Gasteiger partial charge in [0.2, 0.25) is 5.91 Å². The van der Waals surface area contributed by atoms with E-state index in [1.165, 1.54) is 6.07 Å². The van der Waals surface area contributed by atoms with Crippen LogP contribution in [0.25, 0.3) is 11.3 Å². The SMILES string of the molecule is CCOC(=O)C1CCN(c2cccc(-c3cc(F)cc(F)c3OCc3ccc(C4CCN(C(=O)CO)CC4)nc3C)n2)CC1. The second-order valence-corrected chi connectivity index (χ2v) is 11.2. The van der Waals surface area contributed by atoms with Crippen molar-refractivity contribution in [3.05, 3.63) is 71.1 Å². The Hall–Kier alpha value is -4.12. The third-order valence-corrected chi connectivity index (χ3v) is 8.45. The van der Waals surface area contributed by atoms with Crippen LogP contribution in [0, 0.1) is 24.5 Å². The van der Waals surface area contributed by atoms with Gasteiger partial charge in [0, 0.05) is 60.7 Å². The predicted octanol–water partition coefficient (Wildman–Crippen LogP) is 4.79. The molecule has 2 aromatic heterocycles. The number of ether oxygens (including phenoxy) is 2. The number of benzene rings is 1. The largest absolute Gasteiger partial charge is 0.485 e. The first-order valence-corrected chi connectivity index (χ1v) is 15.1. The number of amides is 1. The highest BCUT2D eigenvalue weighted by molar-refractivity contribution is 5.77. The van der Waals surface area contributed by atoms with Gasteiger partial charge in [0.15, 0.2) is 11.6 Å². The van der Waals surface area contributed by atoms with Crippen molar-refractivity contribution < 1.29 is 33.0 Å². The van der Waals surface area contributed by atoms with Crippen LogP contribution in [-0.2, 0) is 20.9 Å². The number of rotatable bonds is 9. The van der Waals surface area contributed by atoms with Gasteiger partial charge < -0.3 is 24.4 Å². The summed E-state index contributed by atoms with van der Waals surface area (Å²) < 4.78 is 40.7. The Bertz CT molecular complexity index is 1490. The number of aromatic nitrogens is 2. The molecule has 5 rings (SSSR count). The number of hydrogen-bond donors (Lipinski definition) is 1. The van der Waals surface area contributed by atoms with Gasteiger partial charge in [0.25, 0.3) is 0 Å². The normalized spacial score (nSPS) is 16.2. The molecule has 0 radical (unpaired) electrons. The molecule has 44 heavy (non-hydrogen) atoms. The van der Waals surface area contributed by atoms with E-state index in [1.807, 2.05) is 25.1 Å². The number of carbonyl (C=O) groups excluding carboxylic acids is 2. The summed E-state index contributed by atoms with van der Waals surface area (Å²) in [6, 6.07) is 11.2. The third kappa shape index (κ3) is 7.15. The first kappa shape index (κ1) is 31.3. The molecule has 3 aromatic rings. The highest BCUT2D eigenvalue weighted by atomic mass is 19.1. The summed E-state index contributed by atoms with van der Waals surface area (Å²) in [6.45, 7) is 5.94. The van der Waals surface area contributed by atoms with E-state index < -0.39 is 18.2 Å². The Kier molecular flexibility index (Phi) is 10.0. The van der Waals surface area contributed by atoms with E-state index in [-0.39, 0.29) is 41.6 Å². The average Bonchev–Trinajstić information content (AvgIpc) is 3.04. The third-order valence-electron chi connectivity index (χ3n) is 8.45. The lowest BCUT2D eigenvalue weighted by Crippen LogP contribution is -2.39. The standard InChI is InChI=1S/C33H38F2N4O5/c1-3-43-33(42)23-11-13-38(14-12-23)30-6-4-5-29(37-30)26-17-25(34)18-27(35)32(26)44-20-24-7-8-28(36-21(24)2)22-9-15-39(16-10-22)31(41)19-40/h4-8,17-18,22-23,40H,3,9-16,19-20H2,1-2H3. The summed E-state index contributed by atoms with van der Waals surface area (Å²) in [4.78, 5) is 37.1. The molecule has 0 bridgehead atoms. The number of esters is 1. The molecule has 0 saturated carbocycles. The molecule has 9 nitrogen and oxygen atoms in total. The number of carbonyl (C=O) groups is 2. The lowest BCUT2D eigenvalue weighted by Gasteiger charge is -2.32. The molecule has 2 aliphatic heterocycles. The molecular formula is C33H38F2N4O5. The van der Waals surface area contributed by atoms with Gasteiger partial charge in [-0.1, -0.05) is 12.1 Å². The molecule has 2 aliphatic rings. The van der Waals surface area contributed by atoms with E-state index in [0.717, 1.165) is 35.9 Å². The van der Waals surface area contributed by atoms with E-state index in [4.69, 9.17) is 24.5 Å². The van der Waals surface area contributed by atoms with E-state index in [0.29, 0.717) is 57.1 Å². The van der Waals surface area contributed by atoms with Crippen LogP contribution in [0.4, 0.5) is 14.6 Å². The first-order valence-electron chi connectivity index (χ1n) is 15.1. The van der Waals surface area contributed by atoms with E-state index >= 15 is 4.39 Å². The number of anilines is 1. The van der Waals surface area contributed by atoms with Crippen molar-refractivity contribution in [1.82, 2.24) is 14.9 Å². The van der Waals surface area contributed by atoms with Gasteiger partial charge >= 0.3 is 5.97 Å². The molecule has 234 valence electrons. The monoisotopic (exact) mass is 608 g/mol. The quantitative estimate of drug-likeness (QED) is 0.346. The second-order valence-electron chi connectivity index (χ2n) is 11.2. The lowest BCUT2D eigenvalue weighted by molar-refractivity contribution is -0.148. The zero-order valence-corrected chi connectivity index (χ0v) is 25.1. The zero-order chi connectivity index (χ0) is 31.2. The molecule has 1 aromatic carbocycles. The van der Waals surface area contributed by atoms with Gasteiger partial charge in [-0.25, -0.2) is 13.8 Å². The number of hydrogen-bond acceptors (Lipinski definition) is 8. The Balaban J connectivity index is 1.28. The minimum Gasteiger partial charge on any atom is -0.485 e. The van der Waals surface area contributed by atoms with Crippen LogP contribution in [0.5, 0.6) is 5.75 Å². The maximum atomic E-state index is 15.2. The minimum absolute atomic E-state index is 0.0270. The summed E-state index contributed by atoms with van der Waals surface area (Å²) in [5.74, 6) is -1.39. The molecular weight excluding hydrogens is 570 g/mol. The molecule has 11 heteroatoms. The molecule has 0 atom stereocenters. The Morgan fingerprint density at radius 1 is 1.00 bits per heavy atom. The fraction of sp³-hybridized carbons (Fsp3) is 0.455. The molecule has 4 heterocycles. The highest BCUT2D eigenvalue weighted by Crippen LogP contribution is 2.35. The van der Waals surface area contributed by atoms with E-state index in [9.17, 15) is 14.0 Å². The van der Waals surface area contributed by atoms with Gasteiger partial charge in [-0.05, 0) is 63.8 Å². The van der Waals surface area contributed by atoms with Crippen LogP contribution >= 0.6 is 0 Å². The number of pyridine rings is 2. The molecule has 1 N–H and O–H groups in total. The topological polar surface area (TPSA) is 105 Å². The fourth-order valence-electron chi connectivity index (χ4n) is 5.91. The Morgan fingerprint density at radius 3 is 2.43 bits per heavy atom. The maximum Gasteiger partial charge on any atom is 0.309 e. The van der Waals surface area contributed by atoms with Gasteiger partial charge in [0.1, 0.15) is 24.8 Å². The number of aliphatic hydroxyl groups is 1. The molecule has 2 fully saturated rings. The van der Waals surface area contributed by atoms with Crippen LogP contribution in [-0.4, -0.2) is 71.2 Å². The minimum atomic E-state index is -0.825. The van der Waals surface area contributed by atoms with Crippen molar-refractivity contribution in [1.29, 1.82) is 0 Å². The van der Waals surface area contributed by atoms with Crippen molar-refractivity contribution in [2.45, 2.75) is 52.1 Å². The van der Waals surface area contributed by atoms with Crippen molar-refractivity contribution in [3.8, 4) is 17.0 Å². The maximum absolute atomic E-state index is 15.2. The summed E-state index contributed by atoms with van der Waals surface area (Å²) in [5.41, 5.74) is 3.01. The van der Waals surface area contributed by atoms with E-state index in [1.54, 1.807) is 24.0 Å². The van der Waals surface area contributed by atoms with Crippen LogP contribution < -0.4 is 9.64 Å². The van der Waals surface area contributed by atoms with Crippen molar-refractivity contribution in [3.63, 3.8) is 0 Å². The van der Waals surface area contributed by atoms with Gasteiger partial charge in [-0.3, -0.25) is 14.6 Å². The van der Waals surface area contributed by atoms with Crippen molar-refractivity contribution in [2.24, 2.45) is 5.92 Å². The van der Waals surface area contributed by atoms with Crippen LogP contribution in [0.2, 0.25) is 0 Å². The zero-order valence-electron chi connectivity index (χ0n) is 25.1. The number of likely N-dealkylation sites (tertiary alicyclic amines) is 1. The number of aliphatic hydroxyl groups excluding tert-OH is 1. The van der Waals surface area contributed by atoms with Crippen LogP contribution in [0.1, 0.15) is 55.5 Å². The predicted molar refractivity (Wildman–Crippen MR) is 160 cm³/mol. The highest BCUT2D eigenvalue weighted by Gasteiger charge is 2.27. The van der Waals surface area contributed by atoms with Crippen LogP contribution in [0.15, 0.2) is 42.5 Å². The van der Waals surface area contributed by atoms with Crippen molar-refractivity contribution >= 4 is 17.7 Å². The Labute approximate surface area is 255 Å². The van der Waals surface area contributed by atoms with Crippen molar-refractivity contribution in [2.75, 3.05) is 44.3 Å². The molecule has 0 aliphatic carbocycles. The average molecular weight is 609 g/mol. The summed E-state index contributed by atoms with van der Waals surface area (Å²) >= 11 is 0. The molecule has 2 saturated heterocycles. The van der Waals surface area contributed by atoms with Crippen LogP contribution in [0.3, 0.4) is 0 Å². The Morgan fingerprint density at radius 2 is 1.75 bits per heavy atom.